The van der Waals surface area contributed by atoms with Crippen molar-refractivity contribution in [2.45, 2.75) is 60.0 Å². The van der Waals surface area contributed by atoms with Gasteiger partial charge in [-0.3, -0.25) is 0 Å². The molecule has 0 aliphatic heterocycles. The van der Waals surface area contributed by atoms with Gasteiger partial charge in [-0.25, -0.2) is 0 Å². The summed E-state index contributed by atoms with van der Waals surface area (Å²) in [5.41, 5.74) is 0. The molecule has 0 saturated carbocycles. The Labute approximate surface area is 152 Å². The van der Waals surface area contributed by atoms with E-state index in [4.69, 9.17) is 25.3 Å². The van der Waals surface area contributed by atoms with E-state index in [1.807, 2.05) is 0 Å². The van der Waals surface area contributed by atoms with Crippen molar-refractivity contribution in [2.75, 3.05) is 11.5 Å². The average Bonchev–Trinajstić information content (AvgIpc) is 2.36. The molecule has 0 nitrogen and oxygen atoms in total. The molecular weight excluding hydrogens is 349 g/mol. The fraction of sp³-hybridized carbons (Fsp3) is 1.00. The molecule has 0 N–H and O–H groups in total. The molecule has 0 saturated heterocycles. The fourth-order valence-electron chi connectivity index (χ4n) is 2.08. The number of rotatable bonds is 12. The average molecular weight is 377 g/mol. The van der Waals surface area contributed by atoms with E-state index in [-0.39, 0.29) is 4.58 Å². The minimum atomic E-state index is 0.0815. The first-order valence-corrected chi connectivity index (χ1v) is 10.3. The molecule has 0 rings (SSSR count). The smallest absolute Gasteiger partial charge is 0.0481 e. The molecule has 0 radical (unpaired) electrons. The molecule has 0 aromatic carbocycles. The van der Waals surface area contributed by atoms with Crippen LogP contribution in [0, 0.1) is 5.92 Å². The maximum Gasteiger partial charge on any atom is 0.0481 e. The van der Waals surface area contributed by atoms with Gasteiger partial charge in [-0.1, -0.05) is 12.8 Å². The Bertz CT molecular complexity index is 200. The number of thiol groups is 6. The maximum absolute atomic E-state index is 4.75. The van der Waals surface area contributed by atoms with Crippen molar-refractivity contribution in [3.63, 3.8) is 0 Å². The molecule has 0 fully saturated rings. The summed E-state index contributed by atoms with van der Waals surface area (Å²) in [6.07, 6.45) is 8.01. The van der Waals surface area contributed by atoms with E-state index >= 15 is 0 Å². The van der Waals surface area contributed by atoms with Crippen LogP contribution in [0.5, 0.6) is 0 Å². The number of hydrogen-bond acceptors (Lipinski definition) is 6. The molecule has 3 unspecified atom stereocenters. The van der Waals surface area contributed by atoms with Gasteiger partial charge in [0.15, 0.2) is 0 Å². The van der Waals surface area contributed by atoms with Gasteiger partial charge in [0.1, 0.15) is 0 Å². The van der Waals surface area contributed by atoms with Gasteiger partial charge in [0.25, 0.3) is 0 Å². The van der Waals surface area contributed by atoms with Gasteiger partial charge in [-0.15, -0.1) is 0 Å². The van der Waals surface area contributed by atoms with Crippen LogP contribution in [0.25, 0.3) is 0 Å². The Hall–Kier alpha value is 2.10. The molecule has 0 aromatic heterocycles. The van der Waals surface area contributed by atoms with Gasteiger partial charge >= 0.3 is 0 Å². The molecule has 6 heteroatoms. The molecule has 0 spiro atoms. The minimum Gasteiger partial charge on any atom is -0.179 e. The van der Waals surface area contributed by atoms with E-state index in [9.17, 15) is 0 Å². The van der Waals surface area contributed by atoms with Gasteiger partial charge in [0, 0.05) is 15.1 Å². The van der Waals surface area contributed by atoms with Gasteiger partial charge in [0.2, 0.25) is 0 Å². The van der Waals surface area contributed by atoms with Crippen LogP contribution >= 0.6 is 75.8 Å². The van der Waals surface area contributed by atoms with E-state index in [1.54, 1.807) is 0 Å². The zero-order valence-electron chi connectivity index (χ0n) is 11.4. The lowest BCUT2D eigenvalue weighted by Gasteiger charge is -2.28. The third-order valence-electron chi connectivity index (χ3n) is 3.27. The highest BCUT2D eigenvalue weighted by Crippen LogP contribution is 2.32. The van der Waals surface area contributed by atoms with Crippen molar-refractivity contribution in [1.82, 2.24) is 0 Å². The van der Waals surface area contributed by atoms with E-state index in [1.165, 1.54) is 19.3 Å². The second-order valence-electron chi connectivity index (χ2n) is 4.97. The topological polar surface area (TPSA) is 0 Å². The summed E-state index contributed by atoms with van der Waals surface area (Å²) < 4.78 is 0.0815. The SMILES string of the molecule is SCCCCC(S)CC(C(S)S)C(S)CCCCS. The molecule has 0 heterocycles. The standard InChI is InChI=1S/C13H28S6/c14-7-3-1-5-10(16)9-11(13(18)19)12(17)6-2-4-8-15/h10-19H,1-9H2. The van der Waals surface area contributed by atoms with Crippen molar-refractivity contribution in [3.05, 3.63) is 0 Å². The number of hydrogen-bond donors (Lipinski definition) is 6. The van der Waals surface area contributed by atoms with Crippen LogP contribution in [0.2, 0.25) is 0 Å². The highest BCUT2D eigenvalue weighted by Gasteiger charge is 2.24. The predicted octanol–water partition coefficient (Wildman–Crippen LogP) is 4.98. The minimum absolute atomic E-state index is 0.0815. The predicted molar refractivity (Wildman–Crippen MR) is 111 cm³/mol. The van der Waals surface area contributed by atoms with Crippen molar-refractivity contribution in [1.29, 1.82) is 0 Å². The fourth-order valence-corrected chi connectivity index (χ4v) is 4.36. The Balaban J connectivity index is 4.08. The van der Waals surface area contributed by atoms with Crippen LogP contribution in [0.4, 0.5) is 0 Å². The van der Waals surface area contributed by atoms with Gasteiger partial charge in [-0.2, -0.15) is 75.8 Å². The van der Waals surface area contributed by atoms with E-state index < -0.39 is 0 Å². The highest BCUT2D eigenvalue weighted by molar-refractivity contribution is 7.99. The lowest BCUT2D eigenvalue weighted by atomic mass is 9.95. The summed E-state index contributed by atoms with van der Waals surface area (Å²) in [5, 5.41) is 0.783. The molecule has 0 aromatic rings. The summed E-state index contributed by atoms with van der Waals surface area (Å²) in [7, 11) is 0. The van der Waals surface area contributed by atoms with E-state index in [0.717, 1.165) is 37.2 Å². The third kappa shape index (κ3) is 11.3. The van der Waals surface area contributed by atoms with Crippen molar-refractivity contribution >= 4 is 75.8 Å². The molecular formula is C13H28S6. The normalized spacial score (nSPS) is 16.6. The molecule has 0 amide bonds. The molecule has 3 atom stereocenters. The second kappa shape index (κ2) is 13.7. The van der Waals surface area contributed by atoms with Gasteiger partial charge < -0.3 is 0 Å². The Kier molecular flexibility index (Phi) is 15.3. The zero-order valence-corrected chi connectivity index (χ0v) is 16.7. The highest BCUT2D eigenvalue weighted by atomic mass is 32.2. The Morgan fingerprint density at radius 1 is 0.684 bits per heavy atom. The van der Waals surface area contributed by atoms with Crippen LogP contribution in [0.3, 0.4) is 0 Å². The van der Waals surface area contributed by atoms with Crippen LogP contribution in [0.15, 0.2) is 0 Å². The van der Waals surface area contributed by atoms with Crippen LogP contribution in [-0.2, 0) is 0 Å². The number of unbranched alkanes of at least 4 members (excludes halogenated alkanes) is 2. The molecule has 0 aliphatic carbocycles. The summed E-state index contributed by atoms with van der Waals surface area (Å²) in [4.78, 5) is 0. The van der Waals surface area contributed by atoms with Crippen LogP contribution < -0.4 is 0 Å². The van der Waals surface area contributed by atoms with Crippen LogP contribution in [0.1, 0.15) is 44.9 Å². The second-order valence-corrected chi connectivity index (χ2v) is 8.78. The summed E-state index contributed by atoms with van der Waals surface area (Å²) in [6.45, 7) is 0. The summed E-state index contributed by atoms with van der Waals surface area (Å²) >= 11 is 27.0. The van der Waals surface area contributed by atoms with E-state index in [0.29, 0.717) is 16.4 Å². The van der Waals surface area contributed by atoms with Gasteiger partial charge in [-0.05, 0) is 49.5 Å². The summed E-state index contributed by atoms with van der Waals surface area (Å²) in [5.74, 6) is 2.33. The lowest BCUT2D eigenvalue weighted by molar-refractivity contribution is 0.458. The Morgan fingerprint density at radius 2 is 1.21 bits per heavy atom. The largest absolute Gasteiger partial charge is 0.179 e. The van der Waals surface area contributed by atoms with Crippen LogP contribution in [-0.4, -0.2) is 26.6 Å². The first-order valence-electron chi connectivity index (χ1n) is 6.96. The third-order valence-corrected chi connectivity index (χ3v) is 5.78. The summed E-state index contributed by atoms with van der Waals surface area (Å²) in [6, 6.07) is 0. The monoisotopic (exact) mass is 376 g/mol. The quantitative estimate of drug-likeness (QED) is 0.155. The molecule has 19 heavy (non-hydrogen) atoms. The first-order chi connectivity index (χ1) is 9.02. The first kappa shape index (κ1) is 21.1. The van der Waals surface area contributed by atoms with Crippen molar-refractivity contribution in [3.8, 4) is 0 Å². The zero-order chi connectivity index (χ0) is 14.7. The molecule has 0 aliphatic rings. The van der Waals surface area contributed by atoms with Crippen molar-refractivity contribution in [2.24, 2.45) is 5.92 Å². The van der Waals surface area contributed by atoms with Gasteiger partial charge in [0.05, 0.1) is 0 Å². The maximum atomic E-state index is 4.75. The lowest BCUT2D eigenvalue weighted by Crippen LogP contribution is -2.25. The van der Waals surface area contributed by atoms with E-state index in [2.05, 4.69) is 50.5 Å². The molecule has 0 bridgehead atoms. The van der Waals surface area contributed by atoms with Crippen molar-refractivity contribution < 1.29 is 0 Å². The molecule has 116 valence electrons. The Morgan fingerprint density at radius 3 is 1.68 bits per heavy atom.